The van der Waals surface area contributed by atoms with Crippen molar-refractivity contribution >= 4 is 24.5 Å². The Balaban J connectivity index is 1.95. The molecule has 0 spiro atoms. The van der Waals surface area contributed by atoms with Crippen LogP contribution >= 0.6 is 0 Å². The van der Waals surface area contributed by atoms with Gasteiger partial charge in [-0.15, -0.1) is 0 Å². The Labute approximate surface area is 173 Å². The molecular weight excluding hydrogens is 380 g/mol. The minimum atomic E-state index is -1.11. The number of hydrogen-bond acceptors (Lipinski definition) is 4. The number of aldehydes is 1. The van der Waals surface area contributed by atoms with Crippen molar-refractivity contribution in [1.82, 2.24) is 9.78 Å². The van der Waals surface area contributed by atoms with Crippen LogP contribution in [0.25, 0.3) is 12.3 Å². The predicted octanol–water partition coefficient (Wildman–Crippen LogP) is 3.82. The van der Waals surface area contributed by atoms with Crippen LogP contribution in [0.3, 0.4) is 0 Å². The van der Waals surface area contributed by atoms with Gasteiger partial charge in [-0.1, -0.05) is 54.6 Å². The fourth-order valence-corrected chi connectivity index (χ4v) is 3.98. The van der Waals surface area contributed by atoms with Crippen molar-refractivity contribution < 1.29 is 19.4 Å². The Morgan fingerprint density at radius 3 is 2.63 bits per heavy atom. The van der Waals surface area contributed by atoms with Gasteiger partial charge in [0.2, 0.25) is 0 Å². The topological polar surface area (TPSA) is 81.4 Å². The van der Waals surface area contributed by atoms with E-state index >= 15 is 0 Å². The van der Waals surface area contributed by atoms with E-state index in [1.54, 1.807) is 7.11 Å². The normalized spacial score (nSPS) is 17.6. The van der Waals surface area contributed by atoms with E-state index in [0.717, 1.165) is 22.6 Å². The lowest BCUT2D eigenvalue weighted by Crippen LogP contribution is -2.31. The molecule has 2 aromatic carbocycles. The van der Waals surface area contributed by atoms with Crippen molar-refractivity contribution in [2.24, 2.45) is 0 Å². The van der Waals surface area contributed by atoms with E-state index in [1.807, 2.05) is 54.6 Å². The summed E-state index contributed by atoms with van der Waals surface area (Å²) >= 11 is 0. The first-order valence-corrected chi connectivity index (χ1v) is 9.45. The molecule has 30 heavy (non-hydrogen) atoms. The molecule has 3 aromatic rings. The third-order valence-corrected chi connectivity index (χ3v) is 5.41. The van der Waals surface area contributed by atoms with E-state index in [1.165, 1.54) is 17.0 Å². The van der Waals surface area contributed by atoms with Crippen molar-refractivity contribution in [1.29, 1.82) is 0 Å². The predicted molar refractivity (Wildman–Crippen MR) is 114 cm³/mol. The average Bonchev–Trinajstić information content (AvgIpc) is 3.16. The number of carboxylic acid groups (broad SMARTS) is 1. The first-order chi connectivity index (χ1) is 14.6. The second-order valence-electron chi connectivity index (χ2n) is 7.02. The minimum absolute atomic E-state index is 0.0379. The molecule has 0 amide bonds. The molecule has 0 radical (unpaired) electrons. The summed E-state index contributed by atoms with van der Waals surface area (Å²) in [4.78, 5) is 22.6. The van der Waals surface area contributed by atoms with Crippen LogP contribution in [-0.4, -0.2) is 34.3 Å². The highest BCUT2D eigenvalue weighted by atomic mass is 16.5. The Morgan fingerprint density at radius 2 is 1.93 bits per heavy atom. The van der Waals surface area contributed by atoms with Gasteiger partial charge in [0.1, 0.15) is 12.0 Å². The fraction of sp³-hybridized carbons (Fsp3) is 0.125. The van der Waals surface area contributed by atoms with Gasteiger partial charge in [-0.2, -0.15) is 5.10 Å². The second-order valence-corrected chi connectivity index (χ2v) is 7.02. The summed E-state index contributed by atoms with van der Waals surface area (Å²) in [5.74, 6) is -0.370. The Bertz CT molecular complexity index is 1160. The highest BCUT2D eigenvalue weighted by molar-refractivity contribution is 5.91. The number of ether oxygens (including phenoxy) is 1. The molecule has 1 aliphatic carbocycles. The lowest BCUT2D eigenvalue weighted by molar-refractivity contribution is -0.104. The van der Waals surface area contributed by atoms with Gasteiger partial charge in [0.05, 0.1) is 12.8 Å². The number of carboxylic acids is 1. The second kappa shape index (κ2) is 7.83. The monoisotopic (exact) mass is 400 g/mol. The molecule has 0 saturated carbocycles. The summed E-state index contributed by atoms with van der Waals surface area (Å²) in [6.45, 7) is 0. The van der Waals surface area contributed by atoms with Gasteiger partial charge in [-0.3, -0.25) is 4.79 Å². The summed E-state index contributed by atoms with van der Waals surface area (Å²) in [6, 6.07) is 17.9. The fourth-order valence-electron chi connectivity index (χ4n) is 3.98. The van der Waals surface area contributed by atoms with Gasteiger partial charge >= 0.3 is 5.97 Å². The first kappa shape index (κ1) is 19.4. The quantitative estimate of drug-likeness (QED) is 0.503. The van der Waals surface area contributed by atoms with E-state index in [-0.39, 0.29) is 5.69 Å². The summed E-state index contributed by atoms with van der Waals surface area (Å²) in [5.41, 5.74) is 2.75. The number of rotatable bonds is 6. The number of aromatic nitrogens is 2. The van der Waals surface area contributed by atoms with Gasteiger partial charge in [0.25, 0.3) is 0 Å². The zero-order chi connectivity index (χ0) is 21.1. The molecule has 0 saturated heterocycles. The number of nitrogens with zero attached hydrogens (tertiary/aromatic N) is 2. The third-order valence-electron chi connectivity index (χ3n) is 5.41. The van der Waals surface area contributed by atoms with Gasteiger partial charge in [0, 0.05) is 23.6 Å². The third kappa shape index (κ3) is 3.22. The van der Waals surface area contributed by atoms with Gasteiger partial charge < -0.3 is 9.84 Å². The van der Waals surface area contributed by atoms with Crippen LogP contribution in [0.1, 0.15) is 32.9 Å². The average molecular weight is 400 g/mol. The molecule has 4 rings (SSSR count). The van der Waals surface area contributed by atoms with Gasteiger partial charge in [0.15, 0.2) is 5.69 Å². The molecule has 150 valence electrons. The Hall–Kier alpha value is -3.93. The number of hydrogen-bond donors (Lipinski definition) is 1. The Morgan fingerprint density at radius 1 is 1.17 bits per heavy atom. The summed E-state index contributed by atoms with van der Waals surface area (Å²) in [7, 11) is 1.63. The molecule has 0 bridgehead atoms. The SMILES string of the molecule is COc1cccc(C2(c3ccccc3)C=Cc3c(C(=O)O)nn(C=CC=O)c3C2)c1. The van der Waals surface area contributed by atoms with E-state index in [4.69, 9.17) is 4.74 Å². The van der Waals surface area contributed by atoms with Crippen molar-refractivity contribution in [3.05, 3.63) is 94.8 Å². The number of fused-ring (bicyclic) bond motifs is 1. The smallest absolute Gasteiger partial charge is 0.357 e. The number of allylic oxidation sites excluding steroid dienone is 2. The Kier molecular flexibility index (Phi) is 5.06. The van der Waals surface area contributed by atoms with Crippen molar-refractivity contribution in [2.45, 2.75) is 11.8 Å². The lowest BCUT2D eigenvalue weighted by Gasteiger charge is -2.35. The van der Waals surface area contributed by atoms with E-state index < -0.39 is 11.4 Å². The summed E-state index contributed by atoms with van der Waals surface area (Å²) < 4.78 is 6.92. The van der Waals surface area contributed by atoms with Crippen LogP contribution in [0.15, 0.2) is 66.7 Å². The van der Waals surface area contributed by atoms with Gasteiger partial charge in [-0.25, -0.2) is 9.48 Å². The molecule has 0 fully saturated rings. The molecule has 1 heterocycles. The van der Waals surface area contributed by atoms with Crippen LogP contribution < -0.4 is 4.74 Å². The number of benzene rings is 2. The molecular formula is C24H20N2O4. The molecule has 1 N–H and O–H groups in total. The van der Waals surface area contributed by atoms with E-state index in [0.29, 0.717) is 18.3 Å². The van der Waals surface area contributed by atoms with Crippen LogP contribution in [-0.2, 0) is 16.6 Å². The molecule has 1 aromatic heterocycles. The number of aromatic carboxylic acids is 1. The highest BCUT2D eigenvalue weighted by Gasteiger charge is 2.38. The van der Waals surface area contributed by atoms with E-state index in [9.17, 15) is 14.7 Å². The van der Waals surface area contributed by atoms with Crippen molar-refractivity contribution in [3.8, 4) is 5.75 Å². The maximum atomic E-state index is 11.7. The molecule has 6 heteroatoms. The lowest BCUT2D eigenvalue weighted by atomic mass is 9.68. The maximum absolute atomic E-state index is 11.7. The largest absolute Gasteiger partial charge is 0.497 e. The summed E-state index contributed by atoms with van der Waals surface area (Å²) in [6.07, 6.45) is 7.74. The first-order valence-electron chi connectivity index (χ1n) is 9.45. The van der Waals surface area contributed by atoms with E-state index in [2.05, 4.69) is 17.2 Å². The summed E-state index contributed by atoms with van der Waals surface area (Å²) in [5, 5.41) is 13.8. The number of carbonyl (C=O) groups excluding carboxylic acids is 1. The van der Waals surface area contributed by atoms with Crippen LogP contribution in [0.2, 0.25) is 0 Å². The van der Waals surface area contributed by atoms with Crippen LogP contribution in [0, 0.1) is 0 Å². The van der Waals surface area contributed by atoms with Crippen LogP contribution in [0.4, 0.5) is 0 Å². The number of methoxy groups -OCH3 is 1. The molecule has 1 atom stereocenters. The molecule has 1 aliphatic rings. The highest BCUT2D eigenvalue weighted by Crippen LogP contribution is 2.43. The number of carbonyl (C=O) groups is 2. The molecule has 6 nitrogen and oxygen atoms in total. The minimum Gasteiger partial charge on any atom is -0.497 e. The standard InChI is InChI=1S/C24H20N2O4/c1-30-19-10-5-9-18(15-19)24(17-7-3-2-4-8-17)12-11-20-21(16-24)26(13-6-14-27)25-22(20)23(28)29/h2-15H,16H2,1H3,(H,28,29). The van der Waals surface area contributed by atoms with Crippen molar-refractivity contribution in [3.63, 3.8) is 0 Å². The van der Waals surface area contributed by atoms with Crippen molar-refractivity contribution in [2.75, 3.05) is 7.11 Å². The molecule has 0 aliphatic heterocycles. The molecule has 1 unspecified atom stereocenters. The zero-order valence-corrected chi connectivity index (χ0v) is 16.4. The maximum Gasteiger partial charge on any atom is 0.357 e. The zero-order valence-electron chi connectivity index (χ0n) is 16.4. The van der Waals surface area contributed by atoms with Crippen LogP contribution in [0.5, 0.6) is 5.75 Å². The van der Waals surface area contributed by atoms with Gasteiger partial charge in [-0.05, 0) is 29.3 Å².